The van der Waals surface area contributed by atoms with E-state index in [1.807, 2.05) is 29.2 Å². The molecule has 0 N–H and O–H groups in total. The fraction of sp³-hybridized carbons (Fsp3) is 0.400. The van der Waals surface area contributed by atoms with Gasteiger partial charge in [-0.1, -0.05) is 11.6 Å². The second-order valence-electron chi connectivity index (χ2n) is 7.45. The second kappa shape index (κ2) is 7.10. The van der Waals surface area contributed by atoms with E-state index in [2.05, 4.69) is 15.2 Å². The van der Waals surface area contributed by atoms with Crippen LogP contribution in [0.3, 0.4) is 0 Å². The molecular formula is C20H21N5O3. The number of carbonyl (C=O) groups is 1. The molecule has 2 atom stereocenters. The zero-order chi connectivity index (χ0) is 18.9. The van der Waals surface area contributed by atoms with Crippen molar-refractivity contribution in [2.45, 2.75) is 38.3 Å². The predicted octanol–water partition coefficient (Wildman–Crippen LogP) is 2.85. The van der Waals surface area contributed by atoms with Gasteiger partial charge in [0.15, 0.2) is 11.5 Å². The summed E-state index contributed by atoms with van der Waals surface area (Å²) in [4.78, 5) is 18.7. The first-order valence-electron chi connectivity index (χ1n) is 9.61. The molecule has 28 heavy (non-hydrogen) atoms. The molecule has 1 saturated heterocycles. The highest BCUT2D eigenvalue weighted by atomic mass is 16.5. The molecular weight excluding hydrogens is 358 g/mol. The summed E-state index contributed by atoms with van der Waals surface area (Å²) in [5, 5.41) is 8.06. The molecule has 5 rings (SSSR count). The molecule has 2 aromatic heterocycles. The van der Waals surface area contributed by atoms with Gasteiger partial charge in [-0.05, 0) is 49.4 Å². The molecule has 8 heteroatoms. The van der Waals surface area contributed by atoms with E-state index in [0.717, 1.165) is 25.1 Å². The monoisotopic (exact) mass is 379 g/mol. The maximum atomic E-state index is 12.8. The largest absolute Gasteiger partial charge is 0.486 e. The van der Waals surface area contributed by atoms with Gasteiger partial charge in [0.2, 0.25) is 0 Å². The quantitative estimate of drug-likeness (QED) is 0.678. The van der Waals surface area contributed by atoms with E-state index in [4.69, 9.17) is 9.26 Å². The molecule has 3 aromatic rings. The number of ether oxygens (including phenoxy) is 1. The third kappa shape index (κ3) is 3.26. The van der Waals surface area contributed by atoms with Crippen LogP contribution in [0.5, 0.6) is 5.75 Å². The highest BCUT2D eigenvalue weighted by Gasteiger charge is 2.38. The Morgan fingerprint density at radius 3 is 2.93 bits per heavy atom. The normalized spacial score (nSPS) is 21.1. The van der Waals surface area contributed by atoms with Crippen LogP contribution in [0.4, 0.5) is 0 Å². The van der Waals surface area contributed by atoms with Gasteiger partial charge in [-0.15, -0.1) is 0 Å². The minimum atomic E-state index is -0.0263. The topological polar surface area (TPSA) is 86.3 Å². The van der Waals surface area contributed by atoms with Crippen LogP contribution in [-0.2, 0) is 6.61 Å². The number of benzene rings is 1. The van der Waals surface area contributed by atoms with Crippen molar-refractivity contribution in [2.75, 3.05) is 6.54 Å². The lowest BCUT2D eigenvalue weighted by Gasteiger charge is -2.23. The summed E-state index contributed by atoms with van der Waals surface area (Å²) >= 11 is 0. The number of nitrogens with zero attached hydrogens (tertiary/aromatic N) is 5. The Balaban J connectivity index is 1.20. The summed E-state index contributed by atoms with van der Waals surface area (Å²) in [6, 6.07) is 9.55. The number of fused-ring (bicyclic) bond motifs is 2. The Morgan fingerprint density at radius 1 is 1.25 bits per heavy atom. The second-order valence-corrected chi connectivity index (χ2v) is 7.45. The molecule has 1 aliphatic carbocycles. The van der Waals surface area contributed by atoms with Gasteiger partial charge in [-0.3, -0.25) is 4.79 Å². The fourth-order valence-corrected chi connectivity index (χ4v) is 4.21. The van der Waals surface area contributed by atoms with Gasteiger partial charge in [-0.2, -0.15) is 5.10 Å². The molecule has 0 spiro atoms. The van der Waals surface area contributed by atoms with Crippen molar-refractivity contribution in [3.8, 4) is 11.4 Å². The number of aromatic nitrogens is 4. The third-order valence-corrected chi connectivity index (χ3v) is 5.59. The van der Waals surface area contributed by atoms with Crippen molar-refractivity contribution >= 4 is 5.91 Å². The van der Waals surface area contributed by atoms with Crippen LogP contribution in [0.2, 0.25) is 0 Å². The lowest BCUT2D eigenvalue weighted by molar-refractivity contribution is 0.0722. The molecule has 2 fully saturated rings. The Kier molecular flexibility index (Phi) is 4.31. The van der Waals surface area contributed by atoms with Gasteiger partial charge >= 0.3 is 0 Å². The minimum Gasteiger partial charge on any atom is -0.486 e. The molecule has 1 amide bonds. The summed E-state index contributed by atoms with van der Waals surface area (Å²) in [6.07, 6.45) is 7.80. The van der Waals surface area contributed by atoms with Crippen LogP contribution in [-0.4, -0.2) is 43.3 Å². The van der Waals surface area contributed by atoms with Crippen LogP contribution < -0.4 is 4.74 Å². The molecule has 1 aliphatic heterocycles. The summed E-state index contributed by atoms with van der Waals surface area (Å²) < 4.78 is 12.7. The minimum absolute atomic E-state index is 0.0263. The Labute approximate surface area is 162 Å². The van der Waals surface area contributed by atoms with E-state index in [-0.39, 0.29) is 12.5 Å². The van der Waals surface area contributed by atoms with Crippen LogP contribution in [0.25, 0.3) is 5.69 Å². The molecule has 0 unspecified atom stereocenters. The highest BCUT2D eigenvalue weighted by Crippen LogP contribution is 2.36. The van der Waals surface area contributed by atoms with Gasteiger partial charge in [0.25, 0.3) is 5.91 Å². The van der Waals surface area contributed by atoms with E-state index < -0.39 is 0 Å². The van der Waals surface area contributed by atoms with Crippen molar-refractivity contribution in [1.29, 1.82) is 0 Å². The highest BCUT2D eigenvalue weighted by molar-refractivity contribution is 5.92. The SMILES string of the molecule is O=C(c1cc(COc2ccc(-n3cncn3)cc2)on1)N1C[C@@H]2CCC[C@H]1C2. The molecule has 8 nitrogen and oxygen atoms in total. The maximum absolute atomic E-state index is 12.8. The zero-order valence-electron chi connectivity index (χ0n) is 15.4. The number of rotatable bonds is 5. The number of carbonyl (C=O) groups excluding carboxylic acids is 1. The first-order chi connectivity index (χ1) is 13.8. The zero-order valence-corrected chi connectivity index (χ0v) is 15.4. The molecule has 2 aliphatic rings. The fourth-order valence-electron chi connectivity index (χ4n) is 4.21. The van der Waals surface area contributed by atoms with Gasteiger partial charge < -0.3 is 14.2 Å². The van der Waals surface area contributed by atoms with Crippen LogP contribution in [0.15, 0.2) is 47.5 Å². The average Bonchev–Trinajstić information content (AvgIpc) is 3.47. The molecule has 1 saturated carbocycles. The maximum Gasteiger partial charge on any atom is 0.276 e. The van der Waals surface area contributed by atoms with E-state index in [9.17, 15) is 4.79 Å². The summed E-state index contributed by atoms with van der Waals surface area (Å²) in [7, 11) is 0. The van der Waals surface area contributed by atoms with Crippen LogP contribution in [0.1, 0.15) is 41.9 Å². The Morgan fingerprint density at radius 2 is 2.14 bits per heavy atom. The van der Waals surface area contributed by atoms with Gasteiger partial charge in [0.1, 0.15) is 25.0 Å². The van der Waals surface area contributed by atoms with Crippen molar-refractivity contribution < 1.29 is 14.1 Å². The smallest absolute Gasteiger partial charge is 0.276 e. The molecule has 0 radical (unpaired) electrons. The van der Waals surface area contributed by atoms with E-state index in [1.54, 1.807) is 17.1 Å². The van der Waals surface area contributed by atoms with Crippen molar-refractivity contribution in [1.82, 2.24) is 24.8 Å². The van der Waals surface area contributed by atoms with E-state index >= 15 is 0 Å². The summed E-state index contributed by atoms with van der Waals surface area (Å²) in [6.45, 7) is 1.06. The first-order valence-corrected chi connectivity index (χ1v) is 9.61. The first kappa shape index (κ1) is 17.0. The predicted molar refractivity (Wildman–Crippen MR) is 99.0 cm³/mol. The van der Waals surface area contributed by atoms with Crippen molar-refractivity contribution in [2.24, 2.45) is 5.92 Å². The standard InChI is InChI=1S/C20H21N5O3/c26-20(24-10-14-2-1-3-16(24)8-14)19-9-18(28-23-19)11-27-17-6-4-15(5-7-17)25-13-21-12-22-25/h4-7,9,12-14,16H,1-3,8,10-11H2/t14-,16+/m1/s1. The van der Waals surface area contributed by atoms with Crippen LogP contribution in [0, 0.1) is 5.92 Å². The van der Waals surface area contributed by atoms with Crippen molar-refractivity contribution in [3.05, 3.63) is 54.4 Å². The Hall–Kier alpha value is -3.16. The average molecular weight is 379 g/mol. The lowest BCUT2D eigenvalue weighted by Crippen LogP contribution is -2.35. The van der Waals surface area contributed by atoms with Gasteiger partial charge in [-0.25, -0.2) is 9.67 Å². The number of likely N-dealkylation sites (tertiary alicyclic amines) is 1. The summed E-state index contributed by atoms with van der Waals surface area (Å²) in [5.41, 5.74) is 1.26. The van der Waals surface area contributed by atoms with Gasteiger partial charge in [0.05, 0.1) is 5.69 Å². The molecule has 2 bridgehead atoms. The van der Waals surface area contributed by atoms with E-state index in [1.165, 1.54) is 19.2 Å². The molecule has 144 valence electrons. The van der Waals surface area contributed by atoms with Gasteiger partial charge in [0, 0.05) is 18.7 Å². The Bertz CT molecular complexity index is 951. The van der Waals surface area contributed by atoms with Crippen LogP contribution >= 0.6 is 0 Å². The third-order valence-electron chi connectivity index (χ3n) is 5.59. The molecule has 3 heterocycles. The lowest BCUT2D eigenvalue weighted by atomic mass is 9.90. The number of amides is 1. The van der Waals surface area contributed by atoms with Crippen molar-refractivity contribution in [3.63, 3.8) is 0 Å². The van der Waals surface area contributed by atoms with E-state index in [0.29, 0.717) is 29.2 Å². The summed E-state index contributed by atoms with van der Waals surface area (Å²) in [5.74, 6) is 1.85. The number of hydrogen-bond donors (Lipinski definition) is 0. The molecule has 1 aromatic carbocycles. The number of hydrogen-bond acceptors (Lipinski definition) is 6.